The van der Waals surface area contributed by atoms with Gasteiger partial charge < -0.3 is 9.84 Å². The number of carbonyl (C=O) groups is 2. The molecule has 1 amide bonds. The van der Waals surface area contributed by atoms with Crippen molar-refractivity contribution in [3.63, 3.8) is 0 Å². The van der Waals surface area contributed by atoms with Gasteiger partial charge in [-0.05, 0) is 42.0 Å². The molecule has 1 fully saturated rings. The van der Waals surface area contributed by atoms with Gasteiger partial charge in [-0.15, -0.1) is 0 Å². The number of Topliss-reactive ketones (excluding diaryl/α,β-unsaturated/α-hetero) is 1. The summed E-state index contributed by atoms with van der Waals surface area (Å²) in [6.45, 7) is 0. The molecule has 0 aliphatic carbocycles. The van der Waals surface area contributed by atoms with E-state index in [1.54, 1.807) is 54.7 Å². The Kier molecular flexibility index (Phi) is 5.37. The number of rotatable bonds is 4. The average molecular weight is 465 g/mol. The minimum absolute atomic E-state index is 0.00277. The Labute approximate surface area is 181 Å². The van der Waals surface area contributed by atoms with Crippen molar-refractivity contribution < 1.29 is 19.4 Å². The Morgan fingerprint density at radius 1 is 1.07 bits per heavy atom. The smallest absolute Gasteiger partial charge is 0.301 e. The topological polar surface area (TPSA) is 79.7 Å². The number of aromatic nitrogens is 1. The number of hydrogen-bond acceptors (Lipinski definition) is 5. The van der Waals surface area contributed by atoms with Crippen LogP contribution in [0.3, 0.4) is 0 Å². The molecular weight excluding hydrogens is 448 g/mol. The monoisotopic (exact) mass is 464 g/mol. The molecule has 1 aliphatic heterocycles. The Morgan fingerprint density at radius 3 is 2.57 bits per heavy atom. The highest BCUT2D eigenvalue weighted by molar-refractivity contribution is 9.10. The summed E-state index contributed by atoms with van der Waals surface area (Å²) in [5.41, 5.74) is 1.05. The van der Waals surface area contributed by atoms with Crippen molar-refractivity contribution in [1.29, 1.82) is 0 Å². The number of hydrogen-bond donors (Lipinski definition) is 1. The van der Waals surface area contributed by atoms with Gasteiger partial charge in [-0.25, -0.2) is 4.98 Å². The van der Waals surface area contributed by atoms with Crippen LogP contribution >= 0.6 is 15.9 Å². The Morgan fingerprint density at radius 2 is 1.87 bits per heavy atom. The minimum Gasteiger partial charge on any atom is -0.507 e. The summed E-state index contributed by atoms with van der Waals surface area (Å²) in [6.07, 6.45) is 1.55. The van der Waals surface area contributed by atoms with Gasteiger partial charge in [0.25, 0.3) is 5.78 Å². The minimum atomic E-state index is -0.830. The highest BCUT2D eigenvalue weighted by atomic mass is 79.9. The number of benzene rings is 2. The van der Waals surface area contributed by atoms with Crippen LogP contribution in [0.25, 0.3) is 5.76 Å². The molecule has 0 radical (unpaired) electrons. The average Bonchev–Trinajstić information content (AvgIpc) is 3.04. The number of nitrogens with zero attached hydrogens (tertiary/aromatic N) is 2. The first-order chi connectivity index (χ1) is 14.5. The molecule has 150 valence electrons. The van der Waals surface area contributed by atoms with Crippen molar-refractivity contribution >= 4 is 39.2 Å². The molecule has 1 unspecified atom stereocenters. The third kappa shape index (κ3) is 3.48. The number of ether oxygens (including phenoxy) is 1. The number of amides is 1. The van der Waals surface area contributed by atoms with Crippen LogP contribution in [0.5, 0.6) is 5.75 Å². The Bertz CT molecular complexity index is 1160. The van der Waals surface area contributed by atoms with Gasteiger partial charge in [0.05, 0.1) is 18.7 Å². The van der Waals surface area contributed by atoms with Crippen LogP contribution in [0, 0.1) is 0 Å². The van der Waals surface area contributed by atoms with E-state index in [9.17, 15) is 14.7 Å². The molecule has 0 bridgehead atoms. The zero-order valence-corrected chi connectivity index (χ0v) is 17.5. The molecule has 0 spiro atoms. The van der Waals surface area contributed by atoms with E-state index in [0.717, 1.165) is 4.47 Å². The first kappa shape index (κ1) is 19.8. The maximum atomic E-state index is 13.0. The molecule has 4 rings (SSSR count). The predicted octanol–water partition coefficient (Wildman–Crippen LogP) is 4.48. The number of aliphatic hydroxyl groups excluding tert-OH is 1. The molecule has 1 saturated heterocycles. The van der Waals surface area contributed by atoms with Gasteiger partial charge in [-0.1, -0.05) is 46.3 Å². The molecule has 3 aromatic rings. The number of ketones is 1. The third-order valence-electron chi connectivity index (χ3n) is 4.85. The van der Waals surface area contributed by atoms with Gasteiger partial charge in [-0.3, -0.25) is 14.5 Å². The fourth-order valence-electron chi connectivity index (χ4n) is 3.48. The van der Waals surface area contributed by atoms with Crippen molar-refractivity contribution in [3.8, 4) is 5.75 Å². The van der Waals surface area contributed by atoms with Gasteiger partial charge >= 0.3 is 5.91 Å². The van der Waals surface area contributed by atoms with Gasteiger partial charge in [0.1, 0.15) is 17.3 Å². The lowest BCUT2D eigenvalue weighted by Gasteiger charge is -2.24. The normalized spacial score (nSPS) is 17.9. The van der Waals surface area contributed by atoms with Crippen molar-refractivity contribution in [2.75, 3.05) is 12.0 Å². The molecule has 30 heavy (non-hydrogen) atoms. The summed E-state index contributed by atoms with van der Waals surface area (Å²) < 4.78 is 6.01. The second-order valence-corrected chi connectivity index (χ2v) is 7.56. The summed E-state index contributed by atoms with van der Waals surface area (Å²) in [4.78, 5) is 31.6. The highest BCUT2D eigenvalue weighted by Gasteiger charge is 2.47. The van der Waals surface area contributed by atoms with Gasteiger partial charge in [0.15, 0.2) is 0 Å². The largest absolute Gasteiger partial charge is 0.507 e. The van der Waals surface area contributed by atoms with Gasteiger partial charge in [-0.2, -0.15) is 0 Å². The quantitative estimate of drug-likeness (QED) is 0.349. The van der Waals surface area contributed by atoms with E-state index in [0.29, 0.717) is 22.7 Å². The number of aliphatic hydroxyl groups is 1. The number of halogens is 1. The van der Waals surface area contributed by atoms with Gasteiger partial charge in [0.2, 0.25) is 0 Å². The fourth-order valence-corrected chi connectivity index (χ4v) is 3.90. The van der Waals surface area contributed by atoms with Crippen LogP contribution in [0.4, 0.5) is 5.82 Å². The van der Waals surface area contributed by atoms with E-state index < -0.39 is 17.7 Å². The van der Waals surface area contributed by atoms with Crippen molar-refractivity contribution in [1.82, 2.24) is 4.98 Å². The molecule has 1 aromatic heterocycles. The van der Waals surface area contributed by atoms with E-state index in [-0.39, 0.29) is 11.3 Å². The number of anilines is 1. The maximum Gasteiger partial charge on any atom is 0.301 e. The maximum absolute atomic E-state index is 13.0. The molecule has 1 aliphatic rings. The summed E-state index contributed by atoms with van der Waals surface area (Å²) in [7, 11) is 1.51. The summed E-state index contributed by atoms with van der Waals surface area (Å²) in [6, 6.07) is 18.3. The van der Waals surface area contributed by atoms with E-state index in [1.165, 1.54) is 12.0 Å². The lowest BCUT2D eigenvalue weighted by molar-refractivity contribution is -0.132. The van der Waals surface area contributed by atoms with Crippen LogP contribution in [0.15, 0.2) is 83.0 Å². The number of methoxy groups -OCH3 is 1. The summed E-state index contributed by atoms with van der Waals surface area (Å²) in [5.74, 6) is -0.934. The van der Waals surface area contributed by atoms with E-state index >= 15 is 0 Å². The fraction of sp³-hybridized carbons (Fsp3) is 0.0870. The molecule has 2 heterocycles. The molecule has 2 aromatic carbocycles. The van der Waals surface area contributed by atoms with Crippen molar-refractivity contribution in [2.24, 2.45) is 0 Å². The van der Waals surface area contributed by atoms with E-state index in [2.05, 4.69) is 20.9 Å². The number of carbonyl (C=O) groups excluding carboxylic acids is 2. The first-order valence-electron chi connectivity index (χ1n) is 9.13. The summed E-state index contributed by atoms with van der Waals surface area (Å²) in [5, 5.41) is 11.1. The van der Waals surface area contributed by atoms with Crippen molar-refractivity contribution in [3.05, 3.63) is 94.1 Å². The standard InChI is InChI=1S/C23H17BrN2O4/c1-30-17-9-5-7-15(13-17)21(27)19-20(14-6-4-8-16(24)12-14)26(23(29)22(19)28)18-10-2-3-11-25-18/h2-13,20,27H,1H3/b21-19-. The summed E-state index contributed by atoms with van der Waals surface area (Å²) >= 11 is 3.44. The predicted molar refractivity (Wildman–Crippen MR) is 116 cm³/mol. The third-order valence-corrected chi connectivity index (χ3v) is 5.34. The molecule has 7 heteroatoms. The Hall–Kier alpha value is -3.45. The molecule has 0 saturated carbocycles. The van der Waals surface area contributed by atoms with Crippen LogP contribution in [0.1, 0.15) is 17.2 Å². The van der Waals surface area contributed by atoms with Crippen molar-refractivity contribution in [2.45, 2.75) is 6.04 Å². The molecule has 1 N–H and O–H groups in total. The lowest BCUT2D eigenvalue weighted by Crippen LogP contribution is -2.30. The molecular formula is C23H17BrN2O4. The highest BCUT2D eigenvalue weighted by Crippen LogP contribution is 2.42. The zero-order valence-electron chi connectivity index (χ0n) is 15.9. The van der Waals surface area contributed by atoms with Crippen LogP contribution in [-0.2, 0) is 9.59 Å². The molecule has 6 nitrogen and oxygen atoms in total. The van der Waals surface area contributed by atoms with Crippen LogP contribution in [0.2, 0.25) is 0 Å². The van der Waals surface area contributed by atoms with E-state index in [1.807, 2.05) is 18.2 Å². The Balaban J connectivity index is 1.95. The second kappa shape index (κ2) is 8.12. The van der Waals surface area contributed by atoms with Gasteiger partial charge in [0, 0.05) is 16.2 Å². The lowest BCUT2D eigenvalue weighted by atomic mass is 9.95. The van der Waals surface area contributed by atoms with E-state index in [4.69, 9.17) is 4.74 Å². The zero-order chi connectivity index (χ0) is 21.3. The SMILES string of the molecule is COc1cccc(/C(O)=C2/C(=O)C(=O)N(c3ccccn3)C2c2cccc(Br)c2)c1. The van der Waals surface area contributed by atoms with Crippen LogP contribution < -0.4 is 9.64 Å². The van der Waals surface area contributed by atoms with Crippen LogP contribution in [-0.4, -0.2) is 28.9 Å². The second-order valence-electron chi connectivity index (χ2n) is 6.64. The first-order valence-corrected chi connectivity index (χ1v) is 9.92. The molecule has 1 atom stereocenters. The number of pyridine rings is 1.